The number of nitrogens with two attached hydrogens (primary N) is 1. The minimum Gasteiger partial charge on any atom is -0.478 e. The fraction of sp³-hybridized carbons (Fsp3) is 0.462. The number of carboxylic acid groups (broad SMARTS) is 1. The van der Waals surface area contributed by atoms with Gasteiger partial charge in [-0.1, -0.05) is 0 Å². The van der Waals surface area contributed by atoms with Gasteiger partial charge in [0.2, 0.25) is 0 Å². The summed E-state index contributed by atoms with van der Waals surface area (Å²) in [5.41, 5.74) is 6.66. The van der Waals surface area contributed by atoms with Crippen molar-refractivity contribution in [1.29, 1.82) is 0 Å². The zero-order valence-corrected chi connectivity index (χ0v) is 10.6. The van der Waals surface area contributed by atoms with Crippen LogP contribution in [0.2, 0.25) is 0 Å². The van der Waals surface area contributed by atoms with E-state index >= 15 is 0 Å². The molecule has 5 heteroatoms. The van der Waals surface area contributed by atoms with Crippen LogP contribution in [0.3, 0.4) is 0 Å². The molecule has 18 heavy (non-hydrogen) atoms. The molecule has 0 saturated carbocycles. The van der Waals surface area contributed by atoms with Crippen molar-refractivity contribution < 1.29 is 14.6 Å². The van der Waals surface area contributed by atoms with Gasteiger partial charge in [-0.05, 0) is 43.7 Å². The van der Waals surface area contributed by atoms with E-state index < -0.39 is 5.97 Å². The lowest BCUT2D eigenvalue weighted by atomic mass is 10.1. The highest BCUT2D eigenvalue weighted by molar-refractivity contribution is 5.87. The lowest BCUT2D eigenvalue weighted by Crippen LogP contribution is -2.25. The molecule has 0 saturated heterocycles. The largest absolute Gasteiger partial charge is 0.478 e. The van der Waals surface area contributed by atoms with Crippen LogP contribution in [0.5, 0.6) is 0 Å². The van der Waals surface area contributed by atoms with Gasteiger partial charge in [0, 0.05) is 18.8 Å². The van der Waals surface area contributed by atoms with Crippen molar-refractivity contribution in [2.45, 2.75) is 18.9 Å². The fourth-order valence-electron chi connectivity index (χ4n) is 1.71. The molecule has 4 N–H and O–H groups in total. The van der Waals surface area contributed by atoms with Crippen LogP contribution >= 0.6 is 0 Å². The molecule has 1 aromatic rings. The third-order valence-corrected chi connectivity index (χ3v) is 2.63. The molecule has 1 unspecified atom stereocenters. The SMILES string of the molecule is COCC(CCCN)Nc1ccc(C(=O)O)cc1. The number of anilines is 1. The van der Waals surface area contributed by atoms with Gasteiger partial charge in [-0.15, -0.1) is 0 Å². The Morgan fingerprint density at radius 3 is 2.61 bits per heavy atom. The molecular formula is C13H20N2O3. The van der Waals surface area contributed by atoms with Crippen LogP contribution < -0.4 is 11.1 Å². The number of carboxylic acids is 1. The Kier molecular flexibility index (Phi) is 6.18. The van der Waals surface area contributed by atoms with Crippen molar-refractivity contribution in [2.24, 2.45) is 5.73 Å². The summed E-state index contributed by atoms with van der Waals surface area (Å²) in [7, 11) is 1.66. The van der Waals surface area contributed by atoms with Crippen molar-refractivity contribution in [3.05, 3.63) is 29.8 Å². The zero-order valence-electron chi connectivity index (χ0n) is 10.6. The number of rotatable bonds is 8. The molecule has 0 heterocycles. The number of aromatic carboxylic acids is 1. The predicted octanol–water partition coefficient (Wildman–Crippen LogP) is 1.55. The molecule has 1 rings (SSSR count). The number of carbonyl (C=O) groups is 1. The summed E-state index contributed by atoms with van der Waals surface area (Å²) in [6.45, 7) is 1.25. The van der Waals surface area contributed by atoms with Gasteiger partial charge in [0.25, 0.3) is 0 Å². The van der Waals surface area contributed by atoms with E-state index in [1.54, 1.807) is 31.4 Å². The highest BCUT2D eigenvalue weighted by Crippen LogP contribution is 2.13. The summed E-state index contributed by atoms with van der Waals surface area (Å²) in [6, 6.07) is 6.87. The predicted molar refractivity (Wildman–Crippen MR) is 71.0 cm³/mol. The second-order valence-electron chi connectivity index (χ2n) is 4.11. The molecule has 0 radical (unpaired) electrons. The van der Waals surface area contributed by atoms with Crippen LogP contribution in [0.1, 0.15) is 23.2 Å². The Labute approximate surface area is 107 Å². The van der Waals surface area contributed by atoms with E-state index in [4.69, 9.17) is 15.6 Å². The minimum atomic E-state index is -0.918. The van der Waals surface area contributed by atoms with Crippen LogP contribution in [0.4, 0.5) is 5.69 Å². The maximum Gasteiger partial charge on any atom is 0.335 e. The number of benzene rings is 1. The average Bonchev–Trinajstić information content (AvgIpc) is 2.37. The first-order valence-corrected chi connectivity index (χ1v) is 5.96. The summed E-state index contributed by atoms with van der Waals surface area (Å²) in [6.07, 6.45) is 1.85. The monoisotopic (exact) mass is 252 g/mol. The summed E-state index contributed by atoms with van der Waals surface area (Å²) in [4.78, 5) is 10.7. The Bertz CT molecular complexity index is 365. The minimum absolute atomic E-state index is 0.189. The van der Waals surface area contributed by atoms with E-state index in [-0.39, 0.29) is 11.6 Å². The van der Waals surface area contributed by atoms with Crippen LogP contribution in [0.25, 0.3) is 0 Å². The van der Waals surface area contributed by atoms with E-state index in [1.165, 1.54) is 0 Å². The first kappa shape index (κ1) is 14.5. The molecule has 0 amide bonds. The normalized spacial score (nSPS) is 12.1. The third-order valence-electron chi connectivity index (χ3n) is 2.63. The molecule has 1 atom stereocenters. The summed E-state index contributed by atoms with van der Waals surface area (Å²) in [5, 5.41) is 12.1. The third kappa shape index (κ3) is 4.73. The highest BCUT2D eigenvalue weighted by Gasteiger charge is 2.08. The molecule has 0 spiro atoms. The Morgan fingerprint density at radius 1 is 1.44 bits per heavy atom. The smallest absolute Gasteiger partial charge is 0.335 e. The standard InChI is InChI=1S/C13H20N2O3/c1-18-9-12(3-2-8-14)15-11-6-4-10(5-7-11)13(16)17/h4-7,12,15H,2-3,8-9,14H2,1H3,(H,16,17). The second-order valence-corrected chi connectivity index (χ2v) is 4.11. The van der Waals surface area contributed by atoms with E-state index in [0.29, 0.717) is 13.2 Å². The van der Waals surface area contributed by atoms with Crippen molar-refractivity contribution in [3.63, 3.8) is 0 Å². The van der Waals surface area contributed by atoms with Gasteiger partial charge < -0.3 is 20.9 Å². The first-order chi connectivity index (χ1) is 8.67. The van der Waals surface area contributed by atoms with Crippen molar-refractivity contribution >= 4 is 11.7 Å². The van der Waals surface area contributed by atoms with Gasteiger partial charge in [0.1, 0.15) is 0 Å². The van der Waals surface area contributed by atoms with Gasteiger partial charge in [-0.2, -0.15) is 0 Å². The average molecular weight is 252 g/mol. The van der Waals surface area contributed by atoms with Crippen LogP contribution in [-0.4, -0.2) is 37.4 Å². The number of ether oxygens (including phenoxy) is 1. The maximum atomic E-state index is 10.7. The van der Waals surface area contributed by atoms with Crippen LogP contribution in [0, 0.1) is 0 Å². The molecule has 0 aliphatic rings. The number of nitrogens with one attached hydrogen (secondary N) is 1. The maximum absolute atomic E-state index is 10.7. The molecule has 5 nitrogen and oxygen atoms in total. The second kappa shape index (κ2) is 7.68. The van der Waals surface area contributed by atoms with Gasteiger partial charge in [0.15, 0.2) is 0 Å². The fourth-order valence-corrected chi connectivity index (χ4v) is 1.71. The number of hydrogen-bond acceptors (Lipinski definition) is 4. The van der Waals surface area contributed by atoms with E-state index in [1.807, 2.05) is 0 Å². The van der Waals surface area contributed by atoms with Crippen molar-refractivity contribution in [3.8, 4) is 0 Å². The molecule has 0 aromatic heterocycles. The van der Waals surface area contributed by atoms with E-state index in [0.717, 1.165) is 18.5 Å². The lowest BCUT2D eigenvalue weighted by molar-refractivity contribution is 0.0697. The quantitative estimate of drug-likeness (QED) is 0.653. The van der Waals surface area contributed by atoms with Crippen molar-refractivity contribution in [2.75, 3.05) is 25.6 Å². The van der Waals surface area contributed by atoms with Crippen LogP contribution in [0.15, 0.2) is 24.3 Å². The molecule has 0 fully saturated rings. The molecule has 0 aliphatic carbocycles. The highest BCUT2D eigenvalue weighted by atomic mass is 16.5. The number of methoxy groups -OCH3 is 1. The van der Waals surface area contributed by atoms with E-state index in [9.17, 15) is 4.79 Å². The molecule has 0 bridgehead atoms. The van der Waals surface area contributed by atoms with Gasteiger partial charge in [-0.25, -0.2) is 4.79 Å². The Hall–Kier alpha value is -1.59. The zero-order chi connectivity index (χ0) is 13.4. The molecule has 0 aliphatic heterocycles. The van der Waals surface area contributed by atoms with Gasteiger partial charge >= 0.3 is 5.97 Å². The Morgan fingerprint density at radius 2 is 2.11 bits per heavy atom. The molecular weight excluding hydrogens is 232 g/mol. The summed E-state index contributed by atoms with van der Waals surface area (Å²) >= 11 is 0. The molecule has 1 aromatic carbocycles. The Balaban J connectivity index is 2.59. The topological polar surface area (TPSA) is 84.6 Å². The van der Waals surface area contributed by atoms with Crippen LogP contribution in [-0.2, 0) is 4.74 Å². The summed E-state index contributed by atoms with van der Waals surface area (Å²) < 4.78 is 5.14. The van der Waals surface area contributed by atoms with Gasteiger partial charge in [0.05, 0.1) is 12.2 Å². The van der Waals surface area contributed by atoms with E-state index in [2.05, 4.69) is 5.32 Å². The number of hydrogen-bond donors (Lipinski definition) is 3. The van der Waals surface area contributed by atoms with Crippen molar-refractivity contribution in [1.82, 2.24) is 0 Å². The summed E-state index contributed by atoms with van der Waals surface area (Å²) in [5.74, 6) is -0.918. The lowest BCUT2D eigenvalue weighted by Gasteiger charge is -2.18. The van der Waals surface area contributed by atoms with Gasteiger partial charge in [-0.3, -0.25) is 0 Å². The molecule has 100 valence electrons. The first-order valence-electron chi connectivity index (χ1n) is 5.96.